The summed E-state index contributed by atoms with van der Waals surface area (Å²) in [5, 5.41) is 13.9. The van der Waals surface area contributed by atoms with Crippen LogP contribution in [-0.2, 0) is 6.42 Å². The fourth-order valence-corrected chi connectivity index (χ4v) is 1.99. The molecule has 1 aromatic heterocycles. The summed E-state index contributed by atoms with van der Waals surface area (Å²) in [5.74, 6) is 5.93. The van der Waals surface area contributed by atoms with Gasteiger partial charge in [0.15, 0.2) is 0 Å². The minimum absolute atomic E-state index is 0.0593. The SMILES string of the molecule is Cc1cccc(CCNc2cc([N+](=O)[O-])cc(NN)n2)c1. The molecule has 2 rings (SSSR count). The van der Waals surface area contributed by atoms with Gasteiger partial charge in [-0.25, -0.2) is 10.8 Å². The van der Waals surface area contributed by atoms with Gasteiger partial charge in [0.2, 0.25) is 0 Å². The average Bonchev–Trinajstić information content (AvgIpc) is 2.47. The van der Waals surface area contributed by atoms with E-state index >= 15 is 0 Å². The quantitative estimate of drug-likeness (QED) is 0.427. The Bertz CT molecular complexity index is 645. The first-order chi connectivity index (χ1) is 10.1. The highest BCUT2D eigenvalue weighted by atomic mass is 16.6. The fourth-order valence-electron chi connectivity index (χ4n) is 1.99. The number of hydrogen-bond acceptors (Lipinski definition) is 6. The molecule has 0 fully saturated rings. The number of rotatable bonds is 6. The van der Waals surface area contributed by atoms with E-state index in [2.05, 4.69) is 21.8 Å². The van der Waals surface area contributed by atoms with Crippen LogP contribution in [0.2, 0.25) is 0 Å². The second-order valence-electron chi connectivity index (χ2n) is 4.66. The van der Waals surface area contributed by atoms with E-state index in [9.17, 15) is 10.1 Å². The van der Waals surface area contributed by atoms with Crippen molar-refractivity contribution in [3.05, 3.63) is 57.6 Å². The van der Waals surface area contributed by atoms with Crippen LogP contribution in [0, 0.1) is 17.0 Å². The maximum Gasteiger partial charge on any atom is 0.276 e. The third-order valence-electron chi connectivity index (χ3n) is 2.97. The molecule has 2 aromatic rings. The molecule has 0 aliphatic rings. The second-order valence-corrected chi connectivity index (χ2v) is 4.66. The van der Waals surface area contributed by atoms with Crippen molar-refractivity contribution >= 4 is 17.3 Å². The second kappa shape index (κ2) is 6.67. The molecule has 0 radical (unpaired) electrons. The Balaban J connectivity index is 2.02. The summed E-state index contributed by atoms with van der Waals surface area (Å²) in [6.07, 6.45) is 0.803. The lowest BCUT2D eigenvalue weighted by molar-refractivity contribution is -0.384. The number of nitrogens with two attached hydrogens (primary N) is 1. The molecule has 0 aliphatic carbocycles. The zero-order valence-electron chi connectivity index (χ0n) is 11.7. The summed E-state index contributed by atoms with van der Waals surface area (Å²) in [6.45, 7) is 2.67. The van der Waals surface area contributed by atoms with Crippen LogP contribution in [0.25, 0.3) is 0 Å². The molecule has 0 amide bonds. The third-order valence-corrected chi connectivity index (χ3v) is 2.97. The lowest BCUT2D eigenvalue weighted by Crippen LogP contribution is -2.12. The third kappa shape index (κ3) is 4.15. The molecule has 7 nitrogen and oxygen atoms in total. The van der Waals surface area contributed by atoms with E-state index in [1.54, 1.807) is 0 Å². The van der Waals surface area contributed by atoms with Gasteiger partial charge in [0.05, 0.1) is 17.1 Å². The lowest BCUT2D eigenvalue weighted by Gasteiger charge is -2.08. The minimum Gasteiger partial charge on any atom is -0.369 e. The number of hydrogen-bond donors (Lipinski definition) is 3. The van der Waals surface area contributed by atoms with E-state index in [0.717, 1.165) is 6.42 Å². The number of aryl methyl sites for hydroxylation is 1. The van der Waals surface area contributed by atoms with Crippen LogP contribution < -0.4 is 16.6 Å². The number of hydrazine groups is 1. The molecule has 21 heavy (non-hydrogen) atoms. The number of nitro groups is 1. The predicted molar refractivity (Wildman–Crippen MR) is 82.1 cm³/mol. The molecule has 0 aliphatic heterocycles. The van der Waals surface area contributed by atoms with Crippen molar-refractivity contribution < 1.29 is 4.92 Å². The number of nitrogens with zero attached hydrogens (tertiary/aromatic N) is 2. The first-order valence-electron chi connectivity index (χ1n) is 6.51. The Labute approximate surface area is 122 Å². The van der Waals surface area contributed by atoms with E-state index in [0.29, 0.717) is 12.4 Å². The Hall–Kier alpha value is -2.67. The maximum absolute atomic E-state index is 10.8. The lowest BCUT2D eigenvalue weighted by atomic mass is 10.1. The van der Waals surface area contributed by atoms with Crippen molar-refractivity contribution in [2.45, 2.75) is 13.3 Å². The first-order valence-corrected chi connectivity index (χ1v) is 6.51. The molecule has 0 atom stereocenters. The monoisotopic (exact) mass is 287 g/mol. The summed E-state index contributed by atoms with van der Waals surface area (Å²) in [5.41, 5.74) is 4.67. The van der Waals surface area contributed by atoms with Crippen LogP contribution in [0.15, 0.2) is 36.4 Å². The highest BCUT2D eigenvalue weighted by Gasteiger charge is 2.10. The molecular formula is C14H17N5O2. The molecule has 0 unspecified atom stereocenters. The number of nitrogen functional groups attached to an aromatic ring is 1. The van der Waals surface area contributed by atoms with Crippen LogP contribution >= 0.6 is 0 Å². The van der Waals surface area contributed by atoms with Crippen LogP contribution in [0.4, 0.5) is 17.3 Å². The normalized spacial score (nSPS) is 10.2. The molecule has 0 saturated carbocycles. The predicted octanol–water partition coefficient (Wildman–Crippen LogP) is 2.24. The molecule has 0 spiro atoms. The Morgan fingerprint density at radius 3 is 2.71 bits per heavy atom. The topological polar surface area (TPSA) is 106 Å². The summed E-state index contributed by atoms with van der Waals surface area (Å²) in [6, 6.07) is 10.9. The highest BCUT2D eigenvalue weighted by Crippen LogP contribution is 2.20. The molecule has 0 bridgehead atoms. The summed E-state index contributed by atoms with van der Waals surface area (Å²) < 4.78 is 0. The van der Waals surface area contributed by atoms with Gasteiger partial charge in [-0.05, 0) is 18.9 Å². The van der Waals surface area contributed by atoms with Gasteiger partial charge in [-0.2, -0.15) is 0 Å². The van der Waals surface area contributed by atoms with E-state index in [1.165, 1.54) is 23.3 Å². The van der Waals surface area contributed by atoms with Crippen LogP contribution in [0.5, 0.6) is 0 Å². The number of pyridine rings is 1. The standard InChI is InChI=1S/C14H17N5O2/c1-10-3-2-4-11(7-10)5-6-16-13-8-12(19(20)21)9-14(17-13)18-15/h2-4,7-9H,5-6,15H2,1H3,(H2,16,17,18). The number of anilines is 2. The average molecular weight is 287 g/mol. The van der Waals surface area contributed by atoms with Gasteiger partial charge in [-0.15, -0.1) is 0 Å². The van der Waals surface area contributed by atoms with Gasteiger partial charge < -0.3 is 10.7 Å². The van der Waals surface area contributed by atoms with E-state index in [4.69, 9.17) is 5.84 Å². The van der Waals surface area contributed by atoms with Crippen LogP contribution in [0.1, 0.15) is 11.1 Å². The van der Waals surface area contributed by atoms with E-state index in [1.807, 2.05) is 25.1 Å². The van der Waals surface area contributed by atoms with E-state index in [-0.39, 0.29) is 11.5 Å². The van der Waals surface area contributed by atoms with Crippen molar-refractivity contribution in [1.82, 2.24) is 4.98 Å². The highest BCUT2D eigenvalue weighted by molar-refractivity contribution is 5.54. The minimum atomic E-state index is -0.478. The van der Waals surface area contributed by atoms with Crippen LogP contribution in [0.3, 0.4) is 0 Å². The molecule has 4 N–H and O–H groups in total. The Kier molecular flexibility index (Phi) is 4.68. The van der Waals surface area contributed by atoms with Gasteiger partial charge in [0, 0.05) is 6.54 Å². The molecule has 0 saturated heterocycles. The molecular weight excluding hydrogens is 270 g/mol. The molecule has 110 valence electrons. The van der Waals surface area contributed by atoms with Gasteiger partial charge in [0.25, 0.3) is 5.69 Å². The van der Waals surface area contributed by atoms with Gasteiger partial charge in [0.1, 0.15) is 11.6 Å². The van der Waals surface area contributed by atoms with Crippen molar-refractivity contribution in [3.8, 4) is 0 Å². The fraction of sp³-hybridized carbons (Fsp3) is 0.214. The van der Waals surface area contributed by atoms with Crippen molar-refractivity contribution in [2.24, 2.45) is 5.84 Å². The summed E-state index contributed by atoms with van der Waals surface area (Å²) in [4.78, 5) is 14.5. The number of aromatic nitrogens is 1. The van der Waals surface area contributed by atoms with Gasteiger partial charge >= 0.3 is 0 Å². The summed E-state index contributed by atoms with van der Waals surface area (Å²) in [7, 11) is 0. The van der Waals surface area contributed by atoms with Crippen molar-refractivity contribution in [1.29, 1.82) is 0 Å². The number of benzene rings is 1. The Morgan fingerprint density at radius 1 is 1.29 bits per heavy atom. The number of nitrogens with one attached hydrogen (secondary N) is 2. The zero-order chi connectivity index (χ0) is 15.2. The Morgan fingerprint density at radius 2 is 2.05 bits per heavy atom. The van der Waals surface area contributed by atoms with Crippen LogP contribution in [-0.4, -0.2) is 16.5 Å². The maximum atomic E-state index is 10.8. The van der Waals surface area contributed by atoms with Crippen molar-refractivity contribution in [2.75, 3.05) is 17.3 Å². The first kappa shape index (κ1) is 14.7. The largest absolute Gasteiger partial charge is 0.369 e. The van der Waals surface area contributed by atoms with Crippen molar-refractivity contribution in [3.63, 3.8) is 0 Å². The molecule has 1 aromatic carbocycles. The molecule has 1 heterocycles. The summed E-state index contributed by atoms with van der Waals surface area (Å²) >= 11 is 0. The van der Waals surface area contributed by atoms with Gasteiger partial charge in [-0.1, -0.05) is 29.8 Å². The molecule has 7 heteroatoms. The zero-order valence-corrected chi connectivity index (χ0v) is 11.7. The smallest absolute Gasteiger partial charge is 0.276 e. The van der Waals surface area contributed by atoms with Gasteiger partial charge in [-0.3, -0.25) is 10.1 Å². The van der Waals surface area contributed by atoms with E-state index < -0.39 is 4.92 Å².